The number of halogens is 1. The van der Waals surface area contributed by atoms with Crippen LogP contribution in [0, 0.1) is 6.92 Å². The first-order valence-electron chi connectivity index (χ1n) is 9.98. The van der Waals surface area contributed by atoms with E-state index in [1.807, 2.05) is 38.1 Å². The molecule has 0 atom stereocenters. The van der Waals surface area contributed by atoms with Crippen LogP contribution in [0.4, 0.5) is 0 Å². The molecule has 0 aliphatic carbocycles. The van der Waals surface area contributed by atoms with E-state index in [1.54, 1.807) is 30.5 Å². The van der Waals surface area contributed by atoms with Crippen molar-refractivity contribution in [2.45, 2.75) is 26.8 Å². The molecule has 160 valence electrons. The Morgan fingerprint density at radius 1 is 1.19 bits per heavy atom. The normalized spacial score (nSPS) is 10.9. The molecule has 0 saturated heterocycles. The summed E-state index contributed by atoms with van der Waals surface area (Å²) in [6.45, 7) is 4.98. The van der Waals surface area contributed by atoms with Crippen molar-refractivity contribution >= 4 is 23.7 Å². The highest BCUT2D eigenvalue weighted by atomic mass is 35.5. The summed E-state index contributed by atoms with van der Waals surface area (Å²) in [5.41, 5.74) is 4.83. The minimum absolute atomic E-state index is 0.0219. The van der Waals surface area contributed by atoms with Crippen molar-refractivity contribution in [1.82, 2.24) is 9.99 Å². The van der Waals surface area contributed by atoms with Gasteiger partial charge in [0, 0.05) is 6.20 Å². The molecule has 1 aromatic heterocycles. The van der Waals surface area contributed by atoms with Gasteiger partial charge >= 0.3 is 0 Å². The molecule has 0 unspecified atom stereocenters. The number of nitrogens with one attached hydrogen (secondary N) is 1. The van der Waals surface area contributed by atoms with Crippen molar-refractivity contribution in [3.05, 3.63) is 98.4 Å². The fraction of sp³-hybridized carbons (Fsp3) is 0.208. The summed E-state index contributed by atoms with van der Waals surface area (Å²) in [4.78, 5) is 25.2. The number of ether oxygens (including phenoxy) is 1. The summed E-state index contributed by atoms with van der Waals surface area (Å²) < 4.78 is 7.03. The van der Waals surface area contributed by atoms with Crippen molar-refractivity contribution < 1.29 is 9.53 Å². The molecule has 1 heterocycles. The average molecular weight is 438 g/mol. The first-order chi connectivity index (χ1) is 15.0. The Labute approximate surface area is 186 Å². The third kappa shape index (κ3) is 6.06. The van der Waals surface area contributed by atoms with Gasteiger partial charge in [0.2, 0.25) is 0 Å². The minimum atomic E-state index is -0.575. The van der Waals surface area contributed by atoms with E-state index in [4.69, 9.17) is 16.3 Å². The van der Waals surface area contributed by atoms with Crippen LogP contribution in [0.25, 0.3) is 0 Å². The van der Waals surface area contributed by atoms with Crippen LogP contribution >= 0.6 is 11.6 Å². The zero-order valence-corrected chi connectivity index (χ0v) is 18.2. The van der Waals surface area contributed by atoms with E-state index in [0.717, 1.165) is 17.5 Å². The highest BCUT2D eigenvalue weighted by Gasteiger charge is 2.12. The predicted molar refractivity (Wildman–Crippen MR) is 123 cm³/mol. The topological polar surface area (TPSA) is 72.7 Å². The van der Waals surface area contributed by atoms with Gasteiger partial charge in [-0.25, -0.2) is 5.43 Å². The van der Waals surface area contributed by atoms with Crippen molar-refractivity contribution in [2.75, 3.05) is 6.61 Å². The molecule has 0 saturated carbocycles. The van der Waals surface area contributed by atoms with Crippen LogP contribution < -0.4 is 15.7 Å². The third-order valence-corrected chi connectivity index (χ3v) is 4.79. The Hall–Kier alpha value is -3.38. The molecular weight excluding hydrogens is 414 g/mol. The van der Waals surface area contributed by atoms with Crippen LogP contribution in [0.1, 0.15) is 40.4 Å². The van der Waals surface area contributed by atoms with Crippen LogP contribution in [-0.2, 0) is 6.54 Å². The number of hydrogen-bond acceptors (Lipinski definition) is 4. The highest BCUT2D eigenvalue weighted by Crippen LogP contribution is 2.25. The van der Waals surface area contributed by atoms with Gasteiger partial charge in [0.25, 0.3) is 11.5 Å². The number of hydrogen-bond donors (Lipinski definition) is 1. The van der Waals surface area contributed by atoms with E-state index in [2.05, 4.69) is 10.5 Å². The van der Waals surface area contributed by atoms with Gasteiger partial charge in [0.05, 0.1) is 24.4 Å². The second kappa shape index (κ2) is 10.6. The molecule has 0 spiro atoms. The third-order valence-electron chi connectivity index (χ3n) is 4.50. The van der Waals surface area contributed by atoms with Crippen LogP contribution in [0.5, 0.6) is 5.75 Å². The monoisotopic (exact) mass is 437 g/mol. The van der Waals surface area contributed by atoms with Gasteiger partial charge in [-0.3, -0.25) is 9.59 Å². The van der Waals surface area contributed by atoms with E-state index in [9.17, 15) is 9.59 Å². The van der Waals surface area contributed by atoms with Gasteiger partial charge in [0.1, 0.15) is 11.3 Å². The lowest BCUT2D eigenvalue weighted by molar-refractivity contribution is 0.0953. The van der Waals surface area contributed by atoms with Crippen molar-refractivity contribution in [3.8, 4) is 5.75 Å². The maximum Gasteiger partial charge on any atom is 0.276 e. The Balaban J connectivity index is 1.68. The van der Waals surface area contributed by atoms with Crippen LogP contribution in [0.3, 0.4) is 0 Å². The molecule has 1 N–H and O–H groups in total. The second-order valence-electron chi connectivity index (χ2n) is 7.08. The highest BCUT2D eigenvalue weighted by molar-refractivity contribution is 6.32. The van der Waals surface area contributed by atoms with Gasteiger partial charge in [-0.05, 0) is 54.8 Å². The predicted octanol–water partition coefficient (Wildman–Crippen LogP) is 4.41. The molecule has 0 fully saturated rings. The van der Waals surface area contributed by atoms with Crippen LogP contribution in [0.15, 0.2) is 70.7 Å². The largest absolute Gasteiger partial charge is 0.492 e. The lowest BCUT2D eigenvalue weighted by Crippen LogP contribution is -2.30. The van der Waals surface area contributed by atoms with E-state index in [1.165, 1.54) is 16.8 Å². The fourth-order valence-electron chi connectivity index (χ4n) is 2.99. The van der Waals surface area contributed by atoms with Crippen LogP contribution in [-0.4, -0.2) is 23.3 Å². The SMILES string of the molecule is CCCOc1ccc(/C=N\NC(=O)c2cccn(Cc3cccc(C)c3)c2=O)cc1Cl. The molecule has 0 aliphatic rings. The van der Waals surface area contributed by atoms with Gasteiger partial charge in [-0.1, -0.05) is 48.4 Å². The molecule has 6 nitrogen and oxygen atoms in total. The summed E-state index contributed by atoms with van der Waals surface area (Å²) in [5, 5.41) is 4.41. The Bertz CT molecular complexity index is 1150. The van der Waals surface area contributed by atoms with E-state index in [0.29, 0.717) is 29.5 Å². The summed E-state index contributed by atoms with van der Waals surface area (Å²) >= 11 is 6.20. The number of aromatic nitrogens is 1. The average Bonchev–Trinajstić information content (AvgIpc) is 2.74. The molecule has 2 aromatic carbocycles. The van der Waals surface area contributed by atoms with E-state index < -0.39 is 5.91 Å². The smallest absolute Gasteiger partial charge is 0.276 e. The number of carbonyl (C=O) groups excluding carboxylic acids is 1. The number of amides is 1. The number of carbonyl (C=O) groups is 1. The molecule has 31 heavy (non-hydrogen) atoms. The summed E-state index contributed by atoms with van der Waals surface area (Å²) in [5.74, 6) is 0.0250. The van der Waals surface area contributed by atoms with Crippen LogP contribution in [0.2, 0.25) is 5.02 Å². The molecule has 7 heteroatoms. The summed E-state index contributed by atoms with van der Waals surface area (Å²) in [6.07, 6.45) is 4.01. The number of aryl methyl sites for hydroxylation is 1. The molecule has 3 aromatic rings. The molecule has 3 rings (SSSR count). The summed E-state index contributed by atoms with van der Waals surface area (Å²) in [7, 11) is 0. The second-order valence-corrected chi connectivity index (χ2v) is 7.49. The van der Waals surface area contributed by atoms with Gasteiger partial charge in [-0.2, -0.15) is 5.10 Å². The first-order valence-corrected chi connectivity index (χ1v) is 10.4. The Morgan fingerprint density at radius 2 is 2.03 bits per heavy atom. The van der Waals surface area contributed by atoms with E-state index in [-0.39, 0.29) is 11.1 Å². The van der Waals surface area contributed by atoms with Gasteiger partial charge in [0.15, 0.2) is 0 Å². The molecule has 0 radical (unpaired) electrons. The summed E-state index contributed by atoms with van der Waals surface area (Å²) in [6, 6.07) is 16.3. The van der Waals surface area contributed by atoms with Gasteiger partial charge in [-0.15, -0.1) is 0 Å². The lowest BCUT2D eigenvalue weighted by atomic mass is 10.1. The van der Waals surface area contributed by atoms with Crippen molar-refractivity contribution in [1.29, 1.82) is 0 Å². The molecule has 1 amide bonds. The Kier molecular flexibility index (Phi) is 7.62. The first kappa shape index (κ1) is 22.3. The minimum Gasteiger partial charge on any atom is -0.492 e. The lowest BCUT2D eigenvalue weighted by Gasteiger charge is -2.08. The number of hydrazone groups is 1. The van der Waals surface area contributed by atoms with Crippen molar-refractivity contribution in [2.24, 2.45) is 5.10 Å². The zero-order valence-electron chi connectivity index (χ0n) is 17.5. The maximum atomic E-state index is 12.7. The van der Waals surface area contributed by atoms with Gasteiger partial charge < -0.3 is 9.30 Å². The molecule has 0 bridgehead atoms. The number of benzene rings is 2. The van der Waals surface area contributed by atoms with E-state index >= 15 is 0 Å². The quantitative estimate of drug-likeness (QED) is 0.419. The number of rotatable bonds is 8. The maximum absolute atomic E-state index is 12.7. The fourth-order valence-corrected chi connectivity index (χ4v) is 3.24. The Morgan fingerprint density at radius 3 is 2.77 bits per heavy atom. The zero-order chi connectivity index (χ0) is 22.2. The number of pyridine rings is 1. The number of nitrogens with zero attached hydrogens (tertiary/aromatic N) is 2. The van der Waals surface area contributed by atoms with Crippen molar-refractivity contribution in [3.63, 3.8) is 0 Å². The molecule has 0 aliphatic heterocycles. The standard InChI is InChI=1S/C24H24ClN3O3/c1-3-12-31-22-10-9-18(14-21(22)25)15-26-27-23(29)20-8-5-11-28(24(20)30)16-19-7-4-6-17(2)13-19/h4-11,13-15H,3,12,16H2,1-2H3,(H,27,29)/b26-15-. The molecular formula is C24H24ClN3O3.